The Morgan fingerprint density at radius 1 is 1.07 bits per heavy atom. The fourth-order valence-electron chi connectivity index (χ4n) is 9.00. The minimum atomic E-state index is -0.739. The minimum Gasteiger partial charge on any atom is -0.465 e. The van der Waals surface area contributed by atoms with E-state index in [4.69, 9.17) is 9.47 Å². The summed E-state index contributed by atoms with van der Waals surface area (Å²) >= 11 is 0. The maximum absolute atomic E-state index is 14.1. The summed E-state index contributed by atoms with van der Waals surface area (Å²) in [5, 5.41) is 11.6. The largest absolute Gasteiger partial charge is 0.465 e. The summed E-state index contributed by atoms with van der Waals surface area (Å²) in [6.45, 7) is 6.73. The summed E-state index contributed by atoms with van der Waals surface area (Å²) in [6, 6.07) is 0. The molecule has 0 amide bonds. The predicted octanol–water partition coefficient (Wildman–Crippen LogP) is 2.03. The number of nitrogens with zero attached hydrogens (tertiary/aromatic N) is 1. The second-order valence-electron chi connectivity index (χ2n) is 11.4. The van der Waals surface area contributed by atoms with E-state index in [1.54, 1.807) is 0 Å². The summed E-state index contributed by atoms with van der Waals surface area (Å²) in [5.41, 5.74) is -1.35. The number of rotatable bonds is 2. The molecule has 0 aromatic heterocycles. The van der Waals surface area contributed by atoms with Crippen LogP contribution in [0.25, 0.3) is 0 Å². The molecule has 30 heavy (non-hydrogen) atoms. The Bertz CT molecular complexity index is 765. The molecule has 7 rings (SSSR count). The summed E-state index contributed by atoms with van der Waals surface area (Å²) in [7, 11) is 0. The molecule has 2 heterocycles. The SMILES string of the molecule is C[C@]12CCCC3(C(=O)OC1)C2C[C@@H](O)[C@@]12CC[C@@H](CC31)[C@@H](CN1CCOCC1)C2=O. The van der Waals surface area contributed by atoms with Crippen LogP contribution in [0, 0.1) is 39.9 Å². The number of morpholine rings is 1. The number of ether oxygens (including phenoxy) is 2. The fourth-order valence-corrected chi connectivity index (χ4v) is 9.00. The molecule has 7 aliphatic rings. The molecule has 8 atom stereocenters. The van der Waals surface area contributed by atoms with Gasteiger partial charge in [0, 0.05) is 31.0 Å². The van der Waals surface area contributed by atoms with E-state index >= 15 is 0 Å². The Morgan fingerprint density at radius 3 is 2.67 bits per heavy atom. The van der Waals surface area contributed by atoms with Crippen LogP contribution < -0.4 is 0 Å². The minimum absolute atomic E-state index is 0.00900. The number of esters is 1. The van der Waals surface area contributed by atoms with E-state index in [1.165, 1.54) is 0 Å². The highest BCUT2D eigenvalue weighted by Crippen LogP contribution is 2.72. The van der Waals surface area contributed by atoms with Crippen LogP contribution >= 0.6 is 0 Å². The zero-order valence-corrected chi connectivity index (χ0v) is 18.1. The van der Waals surface area contributed by atoms with Gasteiger partial charge in [-0.05, 0) is 56.3 Å². The third-order valence-corrected chi connectivity index (χ3v) is 10.4. The van der Waals surface area contributed by atoms with E-state index in [0.29, 0.717) is 18.9 Å². The second kappa shape index (κ2) is 6.52. The molecule has 0 aromatic rings. The van der Waals surface area contributed by atoms with Crippen molar-refractivity contribution in [2.75, 3.05) is 39.5 Å². The van der Waals surface area contributed by atoms with Gasteiger partial charge in [-0.25, -0.2) is 0 Å². The van der Waals surface area contributed by atoms with Crippen molar-refractivity contribution in [3.05, 3.63) is 0 Å². The number of Topliss-reactive ketones (excluding diaryl/α,β-unsaturated/α-hetero) is 1. The van der Waals surface area contributed by atoms with Crippen molar-refractivity contribution in [2.45, 2.75) is 58.0 Å². The Labute approximate surface area is 178 Å². The number of carbonyl (C=O) groups is 2. The first-order valence-electron chi connectivity index (χ1n) is 12.1. The molecule has 1 N–H and O–H groups in total. The van der Waals surface area contributed by atoms with Crippen molar-refractivity contribution in [1.29, 1.82) is 0 Å². The van der Waals surface area contributed by atoms with Crippen LogP contribution in [-0.4, -0.2) is 67.3 Å². The molecule has 6 nitrogen and oxygen atoms in total. The van der Waals surface area contributed by atoms with E-state index < -0.39 is 16.9 Å². The maximum Gasteiger partial charge on any atom is 0.312 e. The van der Waals surface area contributed by atoms with Gasteiger partial charge < -0.3 is 14.6 Å². The Kier molecular flexibility index (Phi) is 4.28. The van der Waals surface area contributed by atoms with E-state index in [1.807, 2.05) is 0 Å². The number of hydrogen-bond acceptors (Lipinski definition) is 6. The molecule has 2 aliphatic heterocycles. The summed E-state index contributed by atoms with van der Waals surface area (Å²) in [5.74, 6) is 0.619. The molecule has 0 radical (unpaired) electrons. The van der Waals surface area contributed by atoms with E-state index in [2.05, 4.69) is 11.8 Å². The molecule has 2 saturated heterocycles. The van der Waals surface area contributed by atoms with E-state index in [9.17, 15) is 14.7 Å². The predicted molar refractivity (Wildman–Crippen MR) is 108 cm³/mol. The molecule has 5 saturated carbocycles. The molecule has 5 aliphatic carbocycles. The highest BCUT2D eigenvalue weighted by atomic mass is 16.5. The third-order valence-electron chi connectivity index (χ3n) is 10.4. The smallest absolute Gasteiger partial charge is 0.312 e. The lowest BCUT2D eigenvalue weighted by molar-refractivity contribution is -0.262. The topological polar surface area (TPSA) is 76.1 Å². The number of hydrogen-bond donors (Lipinski definition) is 1. The fraction of sp³-hybridized carbons (Fsp3) is 0.917. The second-order valence-corrected chi connectivity index (χ2v) is 11.4. The monoisotopic (exact) mass is 417 g/mol. The zero-order chi connectivity index (χ0) is 20.7. The average Bonchev–Trinajstić information content (AvgIpc) is 2.75. The molecular formula is C24H35NO5. The van der Waals surface area contributed by atoms with Gasteiger partial charge in [0.1, 0.15) is 5.78 Å². The summed E-state index contributed by atoms with van der Waals surface area (Å²) in [4.78, 5) is 29.8. The van der Waals surface area contributed by atoms with Gasteiger partial charge in [-0.1, -0.05) is 13.3 Å². The van der Waals surface area contributed by atoms with Gasteiger partial charge in [-0.3, -0.25) is 14.5 Å². The lowest BCUT2D eigenvalue weighted by atomic mass is 9.34. The Morgan fingerprint density at radius 2 is 1.87 bits per heavy atom. The van der Waals surface area contributed by atoms with Gasteiger partial charge in [0.25, 0.3) is 0 Å². The highest BCUT2D eigenvalue weighted by Gasteiger charge is 2.76. The van der Waals surface area contributed by atoms with Gasteiger partial charge in [0.15, 0.2) is 0 Å². The van der Waals surface area contributed by atoms with E-state index in [0.717, 1.165) is 71.4 Å². The van der Waals surface area contributed by atoms with Crippen molar-refractivity contribution in [3.63, 3.8) is 0 Å². The van der Waals surface area contributed by atoms with Crippen LogP contribution in [0.1, 0.15) is 51.9 Å². The number of aliphatic hydroxyl groups is 1. The number of aliphatic hydroxyl groups excluding tert-OH is 1. The molecule has 3 unspecified atom stereocenters. The average molecular weight is 418 g/mol. The molecule has 7 fully saturated rings. The number of carbonyl (C=O) groups excluding carboxylic acids is 2. The van der Waals surface area contributed by atoms with Crippen molar-refractivity contribution < 1.29 is 24.2 Å². The van der Waals surface area contributed by atoms with Crippen molar-refractivity contribution in [3.8, 4) is 0 Å². The van der Waals surface area contributed by atoms with Crippen molar-refractivity contribution >= 4 is 11.8 Å². The quantitative estimate of drug-likeness (QED) is 0.693. The zero-order valence-electron chi connectivity index (χ0n) is 18.1. The number of ketones is 1. The van der Waals surface area contributed by atoms with Gasteiger partial charge in [0.05, 0.1) is 36.8 Å². The lowest BCUT2D eigenvalue weighted by Gasteiger charge is -2.70. The van der Waals surface area contributed by atoms with Gasteiger partial charge in [-0.15, -0.1) is 0 Å². The van der Waals surface area contributed by atoms with E-state index in [-0.39, 0.29) is 34.9 Å². The first-order chi connectivity index (χ1) is 14.4. The highest BCUT2D eigenvalue weighted by molar-refractivity contribution is 5.92. The van der Waals surface area contributed by atoms with Gasteiger partial charge in [0.2, 0.25) is 0 Å². The first-order valence-corrected chi connectivity index (χ1v) is 12.1. The molecule has 4 bridgehead atoms. The molecule has 166 valence electrons. The summed E-state index contributed by atoms with van der Waals surface area (Å²) in [6.07, 6.45) is 5.53. The molecule has 1 spiro atoms. The lowest BCUT2D eigenvalue weighted by Crippen LogP contribution is -2.74. The van der Waals surface area contributed by atoms with Crippen LogP contribution in [0.5, 0.6) is 0 Å². The number of cyclic esters (lactones) is 1. The van der Waals surface area contributed by atoms with Crippen molar-refractivity contribution in [1.82, 2.24) is 4.90 Å². The Balaban J connectivity index is 1.38. The van der Waals surface area contributed by atoms with Crippen LogP contribution in [0.15, 0.2) is 0 Å². The van der Waals surface area contributed by atoms with Crippen LogP contribution in [0.3, 0.4) is 0 Å². The Hall–Kier alpha value is -0.980. The van der Waals surface area contributed by atoms with Crippen LogP contribution in [0.2, 0.25) is 0 Å². The standard InChI is InChI=1S/C24H35NO5/c1-22-4-2-5-23(21(28)30-14-22)17(22)12-19(26)24-6-3-15(11-18(23)24)16(20(24)27)13-25-7-9-29-10-8-25/h15-19,26H,2-14H2,1H3/t15-,16+,17?,18?,19+,22-,23?,24+/m0/s1. The maximum atomic E-state index is 14.1. The normalized spacial score (nSPS) is 53.1. The number of fused-ring (bicyclic) bond motifs is 2. The van der Waals surface area contributed by atoms with Gasteiger partial charge in [-0.2, -0.15) is 0 Å². The van der Waals surface area contributed by atoms with Gasteiger partial charge >= 0.3 is 5.97 Å². The third kappa shape index (κ3) is 2.31. The summed E-state index contributed by atoms with van der Waals surface area (Å²) < 4.78 is 11.3. The molecular weight excluding hydrogens is 382 g/mol. The van der Waals surface area contributed by atoms with Crippen molar-refractivity contribution in [2.24, 2.45) is 39.9 Å². The van der Waals surface area contributed by atoms with Crippen LogP contribution in [0.4, 0.5) is 0 Å². The molecule has 0 aromatic carbocycles. The van der Waals surface area contributed by atoms with Crippen LogP contribution in [-0.2, 0) is 19.1 Å². The first kappa shape index (κ1) is 19.7. The molecule has 6 heteroatoms.